The van der Waals surface area contributed by atoms with Crippen LogP contribution in [0.15, 0.2) is 41.6 Å². The van der Waals surface area contributed by atoms with E-state index in [1.54, 1.807) is 42.3 Å². The van der Waals surface area contributed by atoms with Gasteiger partial charge in [0.15, 0.2) is 0 Å². The Morgan fingerprint density at radius 1 is 0.979 bits per heavy atom. The van der Waals surface area contributed by atoms with Crippen molar-refractivity contribution >= 4 is 69.8 Å². The largest absolute Gasteiger partial charge is 0.411 e. The Kier molecular flexibility index (Phi) is 12.5. The van der Waals surface area contributed by atoms with Crippen LogP contribution in [0.1, 0.15) is 60.4 Å². The van der Waals surface area contributed by atoms with Crippen molar-refractivity contribution in [2.45, 2.75) is 56.6 Å². The molecule has 14 heteroatoms. The molecule has 2 unspecified atom stereocenters. The fourth-order valence-corrected chi connectivity index (χ4v) is 7.80. The van der Waals surface area contributed by atoms with Gasteiger partial charge in [0.2, 0.25) is 11.8 Å². The predicted octanol–water partition coefficient (Wildman–Crippen LogP) is 5.67. The summed E-state index contributed by atoms with van der Waals surface area (Å²) in [6, 6.07) is 10.1. The summed E-state index contributed by atoms with van der Waals surface area (Å²) in [7, 11) is 1.62. The van der Waals surface area contributed by atoms with Gasteiger partial charge in [-0.25, -0.2) is 0 Å². The van der Waals surface area contributed by atoms with Gasteiger partial charge in [-0.3, -0.25) is 14.4 Å². The lowest BCUT2D eigenvalue weighted by Gasteiger charge is -2.43. The van der Waals surface area contributed by atoms with E-state index in [9.17, 15) is 24.7 Å². The highest BCUT2D eigenvalue weighted by Gasteiger charge is 2.38. The maximum Gasteiger partial charge on any atom is 0.254 e. The number of halogens is 4. The number of amides is 3. The first-order valence-corrected chi connectivity index (χ1v) is 17.8. The summed E-state index contributed by atoms with van der Waals surface area (Å²) < 4.78 is 0. The number of hydrogen-bond donors (Lipinski definition) is 2. The summed E-state index contributed by atoms with van der Waals surface area (Å²) in [6.45, 7) is 3.73. The molecular formula is C34H41Cl4N5O5. The van der Waals surface area contributed by atoms with Crippen LogP contribution in [0.25, 0.3) is 0 Å². The van der Waals surface area contributed by atoms with Gasteiger partial charge in [0.05, 0.1) is 28.4 Å². The third-order valence-electron chi connectivity index (χ3n) is 9.68. The highest BCUT2D eigenvalue weighted by Crippen LogP contribution is 2.32. The zero-order valence-corrected chi connectivity index (χ0v) is 29.9. The van der Waals surface area contributed by atoms with Crippen LogP contribution >= 0.6 is 46.4 Å². The minimum atomic E-state index is -0.454. The molecule has 2 aromatic carbocycles. The first kappa shape index (κ1) is 36.7. The molecule has 0 saturated carbocycles. The van der Waals surface area contributed by atoms with Gasteiger partial charge < -0.3 is 29.9 Å². The topological polar surface area (TPSA) is 117 Å². The Morgan fingerprint density at radius 2 is 1.67 bits per heavy atom. The quantitative estimate of drug-likeness (QED) is 0.174. The van der Waals surface area contributed by atoms with E-state index in [0.717, 1.165) is 44.3 Å². The number of likely N-dealkylation sites (tertiary alicyclic amines) is 3. The summed E-state index contributed by atoms with van der Waals surface area (Å²) in [5.74, 6) is -0.978. The lowest BCUT2D eigenvalue weighted by Crippen LogP contribution is -2.55. The van der Waals surface area contributed by atoms with Crippen molar-refractivity contribution in [3.8, 4) is 0 Å². The van der Waals surface area contributed by atoms with E-state index in [1.807, 2.05) is 11.0 Å². The molecule has 48 heavy (non-hydrogen) atoms. The lowest BCUT2D eigenvalue weighted by molar-refractivity contribution is -0.150. The van der Waals surface area contributed by atoms with E-state index in [1.165, 1.54) is 4.90 Å². The number of piperidine rings is 2. The molecule has 0 radical (unpaired) electrons. The molecule has 3 fully saturated rings. The number of β-amino-alcohol motifs (C(OH)–C–C–N with tert-alkyl or cyclic N) is 1. The second-order valence-corrected chi connectivity index (χ2v) is 14.7. The highest BCUT2D eigenvalue weighted by molar-refractivity contribution is 6.42. The average Bonchev–Trinajstić information content (AvgIpc) is 3.04. The number of hydrogen-bond acceptors (Lipinski definition) is 7. The van der Waals surface area contributed by atoms with Crippen molar-refractivity contribution in [3.05, 3.63) is 67.6 Å². The number of aliphatic hydroxyl groups is 1. The van der Waals surface area contributed by atoms with E-state index in [-0.39, 0.29) is 48.6 Å². The summed E-state index contributed by atoms with van der Waals surface area (Å²) >= 11 is 24.9. The Morgan fingerprint density at radius 3 is 2.29 bits per heavy atom. The predicted molar refractivity (Wildman–Crippen MR) is 188 cm³/mol. The van der Waals surface area contributed by atoms with Crippen molar-refractivity contribution in [1.29, 1.82) is 0 Å². The fraction of sp³-hybridized carbons (Fsp3) is 0.529. The van der Waals surface area contributed by atoms with Crippen LogP contribution in [0.5, 0.6) is 0 Å². The third kappa shape index (κ3) is 8.94. The van der Waals surface area contributed by atoms with Crippen LogP contribution in [0, 0.1) is 5.92 Å². The van der Waals surface area contributed by atoms with Crippen LogP contribution in [-0.2, 0) is 9.59 Å². The van der Waals surface area contributed by atoms with Gasteiger partial charge in [-0.05, 0) is 74.5 Å². The molecule has 0 aromatic heterocycles. The van der Waals surface area contributed by atoms with E-state index >= 15 is 0 Å². The highest BCUT2D eigenvalue weighted by atomic mass is 35.5. The molecule has 10 nitrogen and oxygen atoms in total. The van der Waals surface area contributed by atoms with E-state index in [2.05, 4.69) is 10.1 Å². The Hall–Kier alpha value is -2.60. The van der Waals surface area contributed by atoms with Gasteiger partial charge in [0.25, 0.3) is 5.91 Å². The first-order chi connectivity index (χ1) is 22.9. The van der Waals surface area contributed by atoms with Crippen LogP contribution in [0.3, 0.4) is 0 Å². The molecule has 3 amide bonds. The second-order valence-electron chi connectivity index (χ2n) is 13.0. The van der Waals surface area contributed by atoms with Crippen LogP contribution in [0.4, 0.5) is 0 Å². The van der Waals surface area contributed by atoms with Gasteiger partial charge >= 0.3 is 0 Å². The van der Waals surface area contributed by atoms with Crippen molar-refractivity contribution in [2.24, 2.45) is 11.1 Å². The molecule has 2 N–H and O–H groups in total. The maximum absolute atomic E-state index is 13.4. The minimum absolute atomic E-state index is 0.0472. The van der Waals surface area contributed by atoms with Crippen LogP contribution in [-0.4, -0.2) is 118 Å². The van der Waals surface area contributed by atoms with Gasteiger partial charge in [-0.1, -0.05) is 57.6 Å². The summed E-state index contributed by atoms with van der Waals surface area (Å²) in [6.07, 6.45) is 3.58. The maximum atomic E-state index is 13.4. The third-order valence-corrected chi connectivity index (χ3v) is 10.9. The molecule has 0 aliphatic carbocycles. The summed E-state index contributed by atoms with van der Waals surface area (Å²) in [5, 5.41) is 24.9. The number of carbonyl (C=O) groups is 3. The normalized spacial score (nSPS) is 20.5. The molecule has 5 rings (SSSR count). The van der Waals surface area contributed by atoms with E-state index in [4.69, 9.17) is 46.4 Å². The number of carbonyl (C=O) groups excluding carboxylic acids is 3. The standard InChI is InChI=1S/C34H41Cl4N5O5/c1-40(33(46)23-13-24(35)17-25(36)14-23)20-31(39-48)28(21-4-5-29(37)30(38)15-21)8-12-41-10-6-26(7-11-41)43-9-2-3-22(34(43)47)16-32(45)42-18-27(44)19-42/h4-5,13-15,17,22,26-28,44,48H,2-3,6-12,16,18-20H2,1H3/b39-31+. The van der Waals surface area contributed by atoms with Crippen molar-refractivity contribution in [2.75, 3.05) is 52.9 Å². The van der Waals surface area contributed by atoms with Gasteiger partial charge in [-0.2, -0.15) is 0 Å². The van der Waals surface area contributed by atoms with Gasteiger partial charge in [-0.15, -0.1) is 0 Å². The molecule has 3 aliphatic rings. The first-order valence-electron chi connectivity index (χ1n) is 16.3. The molecular weight excluding hydrogens is 700 g/mol. The fourth-order valence-electron chi connectivity index (χ4n) is 6.97. The van der Waals surface area contributed by atoms with Gasteiger partial charge in [0, 0.05) is 79.7 Å². The molecule has 3 heterocycles. The Labute approximate surface area is 301 Å². The van der Waals surface area contributed by atoms with Crippen molar-refractivity contribution < 1.29 is 24.7 Å². The Bertz CT molecular complexity index is 1510. The molecule has 3 saturated heterocycles. The Balaban J connectivity index is 1.20. The van der Waals surface area contributed by atoms with Crippen molar-refractivity contribution in [3.63, 3.8) is 0 Å². The van der Waals surface area contributed by atoms with Crippen molar-refractivity contribution in [1.82, 2.24) is 19.6 Å². The van der Waals surface area contributed by atoms with E-state index in [0.29, 0.717) is 64.0 Å². The monoisotopic (exact) mass is 739 g/mol. The molecule has 0 bridgehead atoms. The summed E-state index contributed by atoms with van der Waals surface area (Å²) in [4.78, 5) is 46.7. The zero-order valence-electron chi connectivity index (χ0n) is 26.8. The number of oxime groups is 1. The molecule has 260 valence electrons. The second kappa shape index (κ2) is 16.4. The average molecular weight is 742 g/mol. The van der Waals surface area contributed by atoms with Crippen LogP contribution < -0.4 is 0 Å². The van der Waals surface area contributed by atoms with Gasteiger partial charge in [0.1, 0.15) is 0 Å². The SMILES string of the molecule is CN(C/C(=N\O)C(CCN1CCC(N2CCCC(CC(=O)N3CC(O)C3)C2=O)CC1)c1ccc(Cl)c(Cl)c1)C(=O)c1cc(Cl)cc(Cl)c1. The molecule has 3 aliphatic heterocycles. The lowest BCUT2D eigenvalue weighted by atomic mass is 9.89. The van der Waals surface area contributed by atoms with Crippen LogP contribution in [0.2, 0.25) is 20.1 Å². The molecule has 2 atom stereocenters. The molecule has 2 aromatic rings. The number of nitrogens with zero attached hydrogens (tertiary/aromatic N) is 5. The smallest absolute Gasteiger partial charge is 0.254 e. The van der Waals surface area contributed by atoms with E-state index < -0.39 is 6.10 Å². The number of benzene rings is 2. The summed E-state index contributed by atoms with van der Waals surface area (Å²) in [5.41, 5.74) is 1.52. The minimum Gasteiger partial charge on any atom is -0.411 e. The molecule has 0 spiro atoms. The zero-order chi connectivity index (χ0) is 34.5. The number of rotatable bonds is 11. The number of aliphatic hydroxyl groups excluding tert-OH is 1.